The molecule has 0 aliphatic carbocycles. The maximum Gasteiger partial charge on any atom is 0.232 e. The molecule has 3 nitrogen and oxygen atoms in total. The summed E-state index contributed by atoms with van der Waals surface area (Å²) in [6.07, 6.45) is 2.84. The topological polar surface area (TPSA) is 40.5 Å². The molecule has 1 N–H and O–H groups in total. The van der Waals surface area contributed by atoms with Crippen molar-refractivity contribution in [3.63, 3.8) is 0 Å². The van der Waals surface area contributed by atoms with Gasteiger partial charge in [0.25, 0.3) is 0 Å². The van der Waals surface area contributed by atoms with Crippen LogP contribution in [0.1, 0.15) is 37.3 Å². The zero-order chi connectivity index (χ0) is 16.0. The SMILES string of the molecule is CCC1(CO)CCN(C(=O)CSCc2cccc(C)c2)CC1. The highest BCUT2D eigenvalue weighted by molar-refractivity contribution is 7.99. The first-order valence-electron chi connectivity index (χ1n) is 8.10. The first-order valence-corrected chi connectivity index (χ1v) is 9.26. The predicted octanol–water partition coefficient (Wildman–Crippen LogP) is 3.24. The number of rotatable bonds is 6. The van der Waals surface area contributed by atoms with E-state index in [2.05, 4.69) is 38.1 Å². The van der Waals surface area contributed by atoms with Gasteiger partial charge in [0.2, 0.25) is 5.91 Å². The van der Waals surface area contributed by atoms with Crippen molar-refractivity contribution in [2.24, 2.45) is 5.41 Å². The van der Waals surface area contributed by atoms with Gasteiger partial charge >= 0.3 is 0 Å². The van der Waals surface area contributed by atoms with Gasteiger partial charge in [0.1, 0.15) is 0 Å². The molecule has 1 amide bonds. The van der Waals surface area contributed by atoms with Crippen LogP contribution in [0.25, 0.3) is 0 Å². The van der Waals surface area contributed by atoms with E-state index in [0.717, 1.165) is 38.1 Å². The summed E-state index contributed by atoms with van der Waals surface area (Å²) in [4.78, 5) is 14.3. The fourth-order valence-corrected chi connectivity index (χ4v) is 3.88. The molecule has 0 aromatic heterocycles. The quantitative estimate of drug-likeness (QED) is 0.874. The number of hydrogen-bond donors (Lipinski definition) is 1. The Morgan fingerprint density at radius 2 is 2.09 bits per heavy atom. The Kier molecular flexibility index (Phi) is 6.33. The highest BCUT2D eigenvalue weighted by Crippen LogP contribution is 2.34. The van der Waals surface area contributed by atoms with Crippen molar-refractivity contribution < 1.29 is 9.90 Å². The monoisotopic (exact) mass is 321 g/mol. The van der Waals surface area contributed by atoms with Crippen molar-refractivity contribution in [1.82, 2.24) is 4.90 Å². The highest BCUT2D eigenvalue weighted by Gasteiger charge is 2.33. The minimum atomic E-state index is 0.0471. The molecule has 0 radical (unpaired) electrons. The number of nitrogens with zero attached hydrogens (tertiary/aromatic N) is 1. The maximum atomic E-state index is 12.3. The van der Waals surface area contributed by atoms with E-state index in [1.807, 2.05) is 4.90 Å². The molecule has 1 saturated heterocycles. The van der Waals surface area contributed by atoms with Crippen molar-refractivity contribution >= 4 is 17.7 Å². The van der Waals surface area contributed by atoms with Crippen molar-refractivity contribution in [1.29, 1.82) is 0 Å². The van der Waals surface area contributed by atoms with Crippen LogP contribution in [0, 0.1) is 12.3 Å². The second-order valence-electron chi connectivity index (χ2n) is 6.37. The maximum absolute atomic E-state index is 12.3. The molecule has 122 valence electrons. The van der Waals surface area contributed by atoms with Crippen molar-refractivity contribution in [2.45, 2.75) is 38.9 Å². The summed E-state index contributed by atoms with van der Waals surface area (Å²) in [6.45, 7) is 6.05. The summed E-state index contributed by atoms with van der Waals surface area (Å²) in [5.41, 5.74) is 2.59. The van der Waals surface area contributed by atoms with Gasteiger partial charge in [0, 0.05) is 25.4 Å². The molecule has 2 rings (SSSR count). The summed E-state index contributed by atoms with van der Waals surface area (Å²) in [5.74, 6) is 1.67. The Balaban J connectivity index is 1.74. The number of carbonyl (C=O) groups is 1. The van der Waals surface area contributed by atoms with E-state index in [9.17, 15) is 9.90 Å². The van der Waals surface area contributed by atoms with Gasteiger partial charge in [-0.05, 0) is 37.2 Å². The molecule has 0 unspecified atom stereocenters. The Labute approximate surface area is 138 Å². The Bertz CT molecular complexity index is 490. The third-order valence-corrected chi connectivity index (χ3v) is 5.83. The van der Waals surface area contributed by atoms with Crippen LogP contribution in [0.5, 0.6) is 0 Å². The van der Waals surface area contributed by atoms with Crippen LogP contribution < -0.4 is 0 Å². The molecule has 1 aromatic carbocycles. The second-order valence-corrected chi connectivity index (χ2v) is 7.36. The number of piperidine rings is 1. The number of thioether (sulfide) groups is 1. The van der Waals surface area contributed by atoms with Gasteiger partial charge < -0.3 is 10.0 Å². The molecule has 0 saturated carbocycles. The molecule has 0 spiro atoms. The smallest absolute Gasteiger partial charge is 0.232 e. The molecule has 22 heavy (non-hydrogen) atoms. The zero-order valence-electron chi connectivity index (χ0n) is 13.7. The summed E-state index contributed by atoms with van der Waals surface area (Å²) in [5, 5.41) is 9.55. The van der Waals surface area contributed by atoms with Crippen molar-refractivity contribution in [2.75, 3.05) is 25.4 Å². The molecule has 0 atom stereocenters. The first kappa shape index (κ1) is 17.4. The number of benzene rings is 1. The summed E-state index contributed by atoms with van der Waals surface area (Å²) >= 11 is 1.69. The molecule has 1 fully saturated rings. The first-order chi connectivity index (χ1) is 10.6. The highest BCUT2D eigenvalue weighted by atomic mass is 32.2. The number of aliphatic hydroxyl groups excluding tert-OH is 1. The predicted molar refractivity (Wildman–Crippen MR) is 93.0 cm³/mol. The lowest BCUT2D eigenvalue weighted by Gasteiger charge is -2.40. The van der Waals surface area contributed by atoms with Crippen LogP contribution in [0.2, 0.25) is 0 Å². The molecule has 4 heteroatoms. The van der Waals surface area contributed by atoms with E-state index in [-0.39, 0.29) is 17.9 Å². The van der Waals surface area contributed by atoms with Crippen LogP contribution >= 0.6 is 11.8 Å². The van der Waals surface area contributed by atoms with Gasteiger partial charge in [-0.15, -0.1) is 11.8 Å². The number of likely N-dealkylation sites (tertiary alicyclic amines) is 1. The van der Waals surface area contributed by atoms with E-state index < -0.39 is 0 Å². The molecule has 1 aromatic rings. The van der Waals surface area contributed by atoms with Crippen LogP contribution in [0.3, 0.4) is 0 Å². The summed E-state index contributed by atoms with van der Waals surface area (Å²) < 4.78 is 0. The summed E-state index contributed by atoms with van der Waals surface area (Å²) in [6, 6.07) is 8.45. The molecular weight excluding hydrogens is 294 g/mol. The van der Waals surface area contributed by atoms with E-state index in [1.54, 1.807) is 11.8 Å². The van der Waals surface area contributed by atoms with Crippen LogP contribution in [0.4, 0.5) is 0 Å². The number of hydrogen-bond acceptors (Lipinski definition) is 3. The minimum Gasteiger partial charge on any atom is -0.396 e. The fourth-order valence-electron chi connectivity index (χ4n) is 3.00. The Morgan fingerprint density at radius 1 is 1.36 bits per heavy atom. The van der Waals surface area contributed by atoms with Crippen LogP contribution in [0.15, 0.2) is 24.3 Å². The number of carbonyl (C=O) groups excluding carboxylic acids is 1. The third-order valence-electron chi connectivity index (χ3n) is 4.84. The van der Waals surface area contributed by atoms with E-state index in [0.29, 0.717) is 5.75 Å². The molecule has 0 bridgehead atoms. The molecular formula is C18H27NO2S. The Hall–Kier alpha value is -1.00. The van der Waals surface area contributed by atoms with Crippen LogP contribution in [-0.4, -0.2) is 41.4 Å². The van der Waals surface area contributed by atoms with Gasteiger partial charge in [-0.3, -0.25) is 4.79 Å². The second kappa shape index (κ2) is 8.02. The molecule has 1 heterocycles. The largest absolute Gasteiger partial charge is 0.396 e. The number of amides is 1. The zero-order valence-corrected chi connectivity index (χ0v) is 14.5. The van der Waals surface area contributed by atoms with Gasteiger partial charge in [0.05, 0.1) is 5.75 Å². The van der Waals surface area contributed by atoms with Gasteiger partial charge in [-0.25, -0.2) is 0 Å². The minimum absolute atomic E-state index is 0.0471. The lowest BCUT2D eigenvalue weighted by Crippen LogP contribution is -2.45. The summed E-state index contributed by atoms with van der Waals surface area (Å²) in [7, 11) is 0. The lowest BCUT2D eigenvalue weighted by molar-refractivity contribution is -0.131. The van der Waals surface area contributed by atoms with Crippen molar-refractivity contribution in [3.8, 4) is 0 Å². The van der Waals surface area contributed by atoms with Crippen molar-refractivity contribution in [3.05, 3.63) is 35.4 Å². The van der Waals surface area contributed by atoms with E-state index >= 15 is 0 Å². The van der Waals surface area contributed by atoms with Gasteiger partial charge in [-0.1, -0.05) is 36.8 Å². The van der Waals surface area contributed by atoms with Gasteiger partial charge in [-0.2, -0.15) is 0 Å². The average molecular weight is 321 g/mol. The van der Waals surface area contributed by atoms with E-state index in [4.69, 9.17) is 0 Å². The lowest BCUT2D eigenvalue weighted by atomic mass is 9.77. The number of aryl methyl sites for hydroxylation is 1. The fraction of sp³-hybridized carbons (Fsp3) is 0.611. The Morgan fingerprint density at radius 3 is 2.68 bits per heavy atom. The molecule has 1 aliphatic rings. The third kappa shape index (κ3) is 4.50. The van der Waals surface area contributed by atoms with Crippen LogP contribution in [-0.2, 0) is 10.5 Å². The van der Waals surface area contributed by atoms with E-state index in [1.165, 1.54) is 11.1 Å². The average Bonchev–Trinajstić information content (AvgIpc) is 2.55. The number of aliphatic hydroxyl groups is 1. The molecule has 1 aliphatic heterocycles. The standard InChI is InChI=1S/C18H27NO2S/c1-3-18(14-20)7-9-19(10-8-18)17(21)13-22-12-16-6-4-5-15(2)11-16/h4-6,11,20H,3,7-10,12-14H2,1-2H3. The van der Waals surface area contributed by atoms with Gasteiger partial charge in [0.15, 0.2) is 0 Å². The normalized spacial score (nSPS) is 17.5.